The smallest absolute Gasteiger partial charge is 0.339 e. The van der Waals surface area contributed by atoms with E-state index in [0.717, 1.165) is 30.5 Å². The maximum Gasteiger partial charge on any atom is 0.339 e. The quantitative estimate of drug-likeness (QED) is 0.694. The lowest BCUT2D eigenvalue weighted by Crippen LogP contribution is -2.26. The van der Waals surface area contributed by atoms with Crippen LogP contribution in [0, 0.1) is 0 Å². The number of carbonyl (C=O) groups is 1. The Labute approximate surface area is 117 Å². The Balaban J connectivity index is 2.16. The van der Waals surface area contributed by atoms with E-state index in [0.29, 0.717) is 0 Å². The fraction of sp³-hybridized carbons (Fsp3) is 0.500. The Hall–Kier alpha value is -1.67. The zero-order valence-corrected chi connectivity index (χ0v) is 12.0. The molecule has 7 nitrogen and oxygen atoms in total. The average molecular weight is 299 g/mol. The molecule has 0 aliphatic heterocycles. The van der Waals surface area contributed by atoms with Crippen molar-refractivity contribution in [2.75, 3.05) is 24.7 Å². The summed E-state index contributed by atoms with van der Waals surface area (Å²) in [5.74, 6) is -0.961. The van der Waals surface area contributed by atoms with Crippen LogP contribution in [0.3, 0.4) is 0 Å². The number of anilines is 1. The minimum Gasteiger partial charge on any atom is -0.478 e. The van der Waals surface area contributed by atoms with E-state index >= 15 is 0 Å². The Morgan fingerprint density at radius 1 is 1.45 bits per heavy atom. The van der Waals surface area contributed by atoms with Crippen molar-refractivity contribution in [3.63, 3.8) is 0 Å². The van der Waals surface area contributed by atoms with Gasteiger partial charge in [-0.25, -0.2) is 22.9 Å². The molecule has 110 valence electrons. The number of hydrogen-bond donors (Lipinski definition) is 3. The van der Waals surface area contributed by atoms with Gasteiger partial charge >= 0.3 is 5.97 Å². The molecule has 2 rings (SSSR count). The summed E-state index contributed by atoms with van der Waals surface area (Å²) in [5.41, 5.74) is 1.96. The molecule has 0 amide bonds. The van der Waals surface area contributed by atoms with Crippen LogP contribution in [0.1, 0.15) is 28.0 Å². The predicted molar refractivity (Wildman–Crippen MR) is 74.6 cm³/mol. The molecule has 20 heavy (non-hydrogen) atoms. The first-order valence-electron chi connectivity index (χ1n) is 6.34. The lowest BCUT2D eigenvalue weighted by molar-refractivity contribution is 0.0697. The van der Waals surface area contributed by atoms with Crippen molar-refractivity contribution in [1.82, 2.24) is 9.71 Å². The van der Waals surface area contributed by atoms with Crippen LogP contribution in [0.2, 0.25) is 0 Å². The number of nitrogens with one attached hydrogen (secondary N) is 2. The number of carboxylic acids is 1. The highest BCUT2D eigenvalue weighted by molar-refractivity contribution is 7.89. The van der Waals surface area contributed by atoms with Gasteiger partial charge in [-0.15, -0.1) is 0 Å². The Morgan fingerprint density at radius 3 is 2.85 bits per heavy atom. The molecule has 1 aliphatic rings. The van der Waals surface area contributed by atoms with Gasteiger partial charge in [-0.05, 0) is 37.9 Å². The van der Waals surface area contributed by atoms with Crippen molar-refractivity contribution < 1.29 is 18.3 Å². The summed E-state index contributed by atoms with van der Waals surface area (Å²) in [4.78, 5) is 15.5. The molecule has 1 aromatic rings. The van der Waals surface area contributed by atoms with E-state index in [1.807, 2.05) is 0 Å². The van der Waals surface area contributed by atoms with E-state index in [1.165, 1.54) is 7.05 Å². The van der Waals surface area contributed by atoms with Crippen LogP contribution in [0.25, 0.3) is 0 Å². The standard InChI is InChI=1S/C12H17N3O4S/c1-13-20(18,19)6-5-14-11-9(12(16)17)7-8-3-2-4-10(8)15-11/h7,13H,2-6H2,1H3,(H,14,15)(H,16,17). The van der Waals surface area contributed by atoms with Crippen molar-refractivity contribution in [3.05, 3.63) is 22.9 Å². The minimum absolute atomic E-state index is 0.0903. The van der Waals surface area contributed by atoms with Crippen LogP contribution in [-0.2, 0) is 22.9 Å². The number of rotatable bonds is 6. The Bertz CT molecular complexity index is 628. The number of sulfonamides is 1. The second-order valence-corrected chi connectivity index (χ2v) is 6.64. The van der Waals surface area contributed by atoms with Crippen molar-refractivity contribution in [2.24, 2.45) is 0 Å². The third kappa shape index (κ3) is 3.26. The lowest BCUT2D eigenvalue weighted by atomic mass is 10.1. The van der Waals surface area contributed by atoms with Gasteiger partial charge in [0, 0.05) is 12.2 Å². The largest absolute Gasteiger partial charge is 0.478 e. The number of aryl methyl sites for hydroxylation is 2. The number of aromatic nitrogens is 1. The van der Waals surface area contributed by atoms with Gasteiger partial charge in [0.05, 0.1) is 5.75 Å². The van der Waals surface area contributed by atoms with Crippen LogP contribution < -0.4 is 10.0 Å². The van der Waals surface area contributed by atoms with E-state index in [2.05, 4.69) is 15.0 Å². The number of hydrogen-bond acceptors (Lipinski definition) is 5. The zero-order valence-electron chi connectivity index (χ0n) is 11.1. The minimum atomic E-state index is -3.32. The van der Waals surface area contributed by atoms with Crippen LogP contribution in [0.5, 0.6) is 0 Å². The molecule has 0 bridgehead atoms. The first-order chi connectivity index (χ1) is 9.43. The van der Waals surface area contributed by atoms with E-state index in [4.69, 9.17) is 0 Å². The molecule has 8 heteroatoms. The van der Waals surface area contributed by atoms with E-state index in [1.54, 1.807) is 6.07 Å². The van der Waals surface area contributed by atoms with Gasteiger partial charge in [0.1, 0.15) is 11.4 Å². The van der Waals surface area contributed by atoms with Gasteiger partial charge < -0.3 is 10.4 Å². The highest BCUT2D eigenvalue weighted by atomic mass is 32.2. The molecule has 0 saturated carbocycles. The van der Waals surface area contributed by atoms with Crippen molar-refractivity contribution in [1.29, 1.82) is 0 Å². The molecule has 1 aliphatic carbocycles. The van der Waals surface area contributed by atoms with E-state index in [9.17, 15) is 18.3 Å². The molecule has 0 atom stereocenters. The Kier molecular flexibility index (Phi) is 4.24. The van der Waals surface area contributed by atoms with Crippen molar-refractivity contribution in [3.8, 4) is 0 Å². The molecular weight excluding hydrogens is 282 g/mol. The highest BCUT2D eigenvalue weighted by Crippen LogP contribution is 2.25. The second-order valence-electron chi connectivity index (χ2n) is 4.60. The summed E-state index contributed by atoms with van der Waals surface area (Å²) in [6.45, 7) is 0.106. The Morgan fingerprint density at radius 2 is 2.20 bits per heavy atom. The lowest BCUT2D eigenvalue weighted by Gasteiger charge is -2.11. The molecule has 0 unspecified atom stereocenters. The fourth-order valence-electron chi connectivity index (χ4n) is 2.18. The zero-order chi connectivity index (χ0) is 14.8. The van der Waals surface area contributed by atoms with Crippen molar-refractivity contribution in [2.45, 2.75) is 19.3 Å². The third-order valence-corrected chi connectivity index (χ3v) is 4.62. The van der Waals surface area contributed by atoms with Gasteiger partial charge in [-0.2, -0.15) is 0 Å². The molecule has 3 N–H and O–H groups in total. The van der Waals surface area contributed by atoms with Gasteiger partial charge in [-0.1, -0.05) is 0 Å². The number of fused-ring (bicyclic) bond motifs is 1. The highest BCUT2D eigenvalue weighted by Gasteiger charge is 2.20. The van der Waals surface area contributed by atoms with Gasteiger partial charge in [-0.3, -0.25) is 0 Å². The summed E-state index contributed by atoms with van der Waals surface area (Å²) in [6.07, 6.45) is 2.65. The molecule has 0 aromatic carbocycles. The van der Waals surface area contributed by atoms with Gasteiger partial charge in [0.25, 0.3) is 0 Å². The number of pyridine rings is 1. The van der Waals surface area contributed by atoms with E-state index in [-0.39, 0.29) is 23.7 Å². The third-order valence-electron chi connectivity index (χ3n) is 3.26. The van der Waals surface area contributed by atoms with Crippen molar-refractivity contribution >= 4 is 21.8 Å². The maximum absolute atomic E-state index is 11.3. The SMILES string of the molecule is CNS(=O)(=O)CCNc1nc2c(cc1C(=O)O)CCC2. The maximum atomic E-state index is 11.3. The van der Waals surface area contributed by atoms with Crippen LogP contribution in [-0.4, -0.2) is 43.8 Å². The first kappa shape index (κ1) is 14.7. The van der Waals surface area contributed by atoms with E-state index < -0.39 is 16.0 Å². The fourth-order valence-corrected chi connectivity index (χ4v) is 2.75. The topological polar surface area (TPSA) is 108 Å². The molecule has 0 radical (unpaired) electrons. The van der Waals surface area contributed by atoms with Crippen LogP contribution in [0.15, 0.2) is 6.07 Å². The summed E-state index contributed by atoms with van der Waals surface area (Å²) in [5, 5.41) is 12.0. The summed E-state index contributed by atoms with van der Waals surface area (Å²) >= 11 is 0. The summed E-state index contributed by atoms with van der Waals surface area (Å²) < 4.78 is 24.8. The molecule has 1 heterocycles. The molecule has 0 fully saturated rings. The summed E-state index contributed by atoms with van der Waals surface area (Å²) in [6, 6.07) is 1.63. The van der Waals surface area contributed by atoms with Gasteiger partial charge in [0.15, 0.2) is 0 Å². The number of carboxylic acid groups (broad SMARTS) is 1. The normalized spacial score (nSPS) is 14.1. The van der Waals surface area contributed by atoms with Gasteiger partial charge in [0.2, 0.25) is 10.0 Å². The average Bonchev–Trinajstić information content (AvgIpc) is 2.84. The molecule has 1 aromatic heterocycles. The second kappa shape index (κ2) is 5.76. The molecule has 0 saturated heterocycles. The summed E-state index contributed by atoms with van der Waals surface area (Å²) in [7, 11) is -1.98. The predicted octanol–water partition coefficient (Wildman–Crippen LogP) is 0.230. The monoisotopic (exact) mass is 299 g/mol. The van der Waals surface area contributed by atoms with Crippen LogP contribution >= 0.6 is 0 Å². The molecular formula is C12H17N3O4S. The first-order valence-corrected chi connectivity index (χ1v) is 7.99. The number of nitrogens with zero attached hydrogens (tertiary/aromatic N) is 1. The molecule has 0 spiro atoms. The number of aromatic carboxylic acids is 1. The van der Waals surface area contributed by atoms with Crippen LogP contribution in [0.4, 0.5) is 5.82 Å².